The zero-order chi connectivity index (χ0) is 13.4. The average molecular weight is 251 g/mol. The Kier molecular flexibility index (Phi) is 6.39. The van der Waals surface area contributed by atoms with Crippen LogP contribution in [0.5, 0.6) is 0 Å². The van der Waals surface area contributed by atoms with Crippen molar-refractivity contribution in [2.75, 3.05) is 6.54 Å². The van der Waals surface area contributed by atoms with Gasteiger partial charge in [-0.05, 0) is 17.9 Å². The van der Waals surface area contributed by atoms with E-state index in [0.717, 1.165) is 5.56 Å². The van der Waals surface area contributed by atoms with Crippen LogP contribution in [-0.2, 0) is 16.2 Å². The largest absolute Gasteiger partial charge is 0.481 e. The number of aliphatic carboxylic acids is 1. The van der Waals surface area contributed by atoms with Crippen molar-refractivity contribution in [3.63, 3.8) is 0 Å². The predicted octanol–water partition coefficient (Wildman–Crippen LogP) is 2.45. The van der Waals surface area contributed by atoms with Gasteiger partial charge in [0.2, 0.25) is 0 Å². The maximum absolute atomic E-state index is 11.0. The molecule has 2 N–H and O–H groups in total. The van der Waals surface area contributed by atoms with Crippen LogP contribution in [0.2, 0.25) is 0 Å². The van der Waals surface area contributed by atoms with Crippen LogP contribution >= 0.6 is 0 Å². The zero-order valence-electron chi connectivity index (χ0n) is 10.9. The second-order valence-electron chi connectivity index (χ2n) is 4.79. The van der Waals surface area contributed by atoms with E-state index in [1.54, 1.807) is 0 Å². The molecule has 0 radical (unpaired) electrons. The highest BCUT2D eigenvalue weighted by atomic mass is 16.6. The Hall–Kier alpha value is -1.39. The molecule has 1 aromatic rings. The van der Waals surface area contributed by atoms with E-state index in [9.17, 15) is 4.79 Å². The van der Waals surface area contributed by atoms with E-state index in [-0.39, 0.29) is 0 Å². The summed E-state index contributed by atoms with van der Waals surface area (Å²) < 4.78 is 0. The smallest absolute Gasteiger partial charge is 0.307 e. The molecule has 18 heavy (non-hydrogen) atoms. The number of carboxylic acids is 1. The Morgan fingerprint density at radius 2 is 2.00 bits per heavy atom. The highest BCUT2D eigenvalue weighted by Crippen LogP contribution is 2.11. The number of rotatable bonds is 8. The molecule has 0 saturated heterocycles. The van der Waals surface area contributed by atoms with Gasteiger partial charge in [0.25, 0.3) is 0 Å². The number of hydrogen-bond donors (Lipinski definition) is 2. The quantitative estimate of drug-likeness (QED) is 0.550. The molecule has 0 aliphatic rings. The van der Waals surface area contributed by atoms with Crippen molar-refractivity contribution in [1.82, 2.24) is 5.48 Å². The van der Waals surface area contributed by atoms with E-state index >= 15 is 0 Å². The first-order valence-electron chi connectivity index (χ1n) is 6.21. The maximum atomic E-state index is 11.0. The van der Waals surface area contributed by atoms with E-state index in [2.05, 4.69) is 5.48 Å². The number of carbonyl (C=O) groups is 1. The van der Waals surface area contributed by atoms with Crippen molar-refractivity contribution in [3.8, 4) is 0 Å². The van der Waals surface area contributed by atoms with Crippen LogP contribution in [0.3, 0.4) is 0 Å². The SMILES string of the molecule is CC(C)C[C@H](CNOCc1ccccc1)C(=O)O. The maximum Gasteiger partial charge on any atom is 0.307 e. The van der Waals surface area contributed by atoms with Crippen molar-refractivity contribution in [1.29, 1.82) is 0 Å². The number of carboxylic acid groups (broad SMARTS) is 1. The van der Waals surface area contributed by atoms with Crippen LogP contribution in [-0.4, -0.2) is 17.6 Å². The molecule has 0 saturated carbocycles. The van der Waals surface area contributed by atoms with Crippen molar-refractivity contribution in [2.45, 2.75) is 26.9 Å². The summed E-state index contributed by atoms with van der Waals surface area (Å²) in [6.07, 6.45) is 0.650. The number of benzene rings is 1. The summed E-state index contributed by atoms with van der Waals surface area (Å²) in [4.78, 5) is 16.3. The van der Waals surface area contributed by atoms with Crippen molar-refractivity contribution in [3.05, 3.63) is 35.9 Å². The van der Waals surface area contributed by atoms with Gasteiger partial charge in [0, 0.05) is 6.54 Å². The summed E-state index contributed by atoms with van der Waals surface area (Å²) in [7, 11) is 0. The Morgan fingerprint density at radius 1 is 1.33 bits per heavy atom. The lowest BCUT2D eigenvalue weighted by Gasteiger charge is -2.15. The zero-order valence-corrected chi connectivity index (χ0v) is 10.9. The highest BCUT2D eigenvalue weighted by molar-refractivity contribution is 5.70. The molecule has 1 rings (SSSR count). The molecule has 0 spiro atoms. The van der Waals surface area contributed by atoms with Crippen LogP contribution in [0.15, 0.2) is 30.3 Å². The molecule has 0 heterocycles. The first kappa shape index (κ1) is 14.7. The molecule has 0 aliphatic heterocycles. The van der Waals surface area contributed by atoms with E-state index in [4.69, 9.17) is 9.94 Å². The fraction of sp³-hybridized carbons (Fsp3) is 0.500. The first-order chi connectivity index (χ1) is 8.59. The monoisotopic (exact) mass is 251 g/mol. The lowest BCUT2D eigenvalue weighted by Crippen LogP contribution is -2.29. The molecule has 4 heteroatoms. The fourth-order valence-corrected chi connectivity index (χ4v) is 1.71. The third kappa shape index (κ3) is 5.80. The predicted molar refractivity (Wildman–Crippen MR) is 69.8 cm³/mol. The van der Waals surface area contributed by atoms with Crippen LogP contribution < -0.4 is 5.48 Å². The molecule has 0 fully saturated rings. The van der Waals surface area contributed by atoms with Gasteiger partial charge in [-0.1, -0.05) is 44.2 Å². The molecule has 0 aromatic heterocycles. The molecular weight excluding hydrogens is 230 g/mol. The third-order valence-corrected chi connectivity index (χ3v) is 2.62. The summed E-state index contributed by atoms with van der Waals surface area (Å²) in [6, 6.07) is 9.75. The minimum Gasteiger partial charge on any atom is -0.481 e. The minimum atomic E-state index is -0.778. The van der Waals surface area contributed by atoms with Gasteiger partial charge in [-0.2, -0.15) is 0 Å². The van der Waals surface area contributed by atoms with Gasteiger partial charge < -0.3 is 5.11 Å². The van der Waals surface area contributed by atoms with E-state index in [1.807, 2.05) is 44.2 Å². The average Bonchev–Trinajstić information content (AvgIpc) is 2.33. The van der Waals surface area contributed by atoms with E-state index < -0.39 is 11.9 Å². The summed E-state index contributed by atoms with van der Waals surface area (Å²) in [6.45, 7) is 4.80. The standard InChI is InChI=1S/C14H21NO3/c1-11(2)8-13(14(16)17)9-15-18-10-12-6-4-3-5-7-12/h3-7,11,13,15H,8-10H2,1-2H3,(H,16,17)/t13-/m1/s1. The first-order valence-corrected chi connectivity index (χ1v) is 6.21. The Balaban J connectivity index is 2.25. The van der Waals surface area contributed by atoms with Gasteiger partial charge in [-0.15, -0.1) is 0 Å². The van der Waals surface area contributed by atoms with Gasteiger partial charge in [-0.25, -0.2) is 5.48 Å². The number of hydroxylamine groups is 1. The lowest BCUT2D eigenvalue weighted by molar-refractivity contribution is -0.143. The van der Waals surface area contributed by atoms with Gasteiger partial charge in [0.05, 0.1) is 12.5 Å². The van der Waals surface area contributed by atoms with Crippen LogP contribution in [0.1, 0.15) is 25.8 Å². The fourth-order valence-electron chi connectivity index (χ4n) is 1.71. The Morgan fingerprint density at radius 3 is 2.56 bits per heavy atom. The molecular formula is C14H21NO3. The Bertz CT molecular complexity index is 351. The van der Waals surface area contributed by atoms with Gasteiger partial charge >= 0.3 is 5.97 Å². The van der Waals surface area contributed by atoms with Gasteiger partial charge in [0.15, 0.2) is 0 Å². The van der Waals surface area contributed by atoms with Crippen molar-refractivity contribution < 1.29 is 14.7 Å². The van der Waals surface area contributed by atoms with E-state index in [1.165, 1.54) is 0 Å². The normalized spacial score (nSPS) is 12.6. The second-order valence-corrected chi connectivity index (χ2v) is 4.79. The topological polar surface area (TPSA) is 58.6 Å². The molecule has 0 amide bonds. The number of nitrogens with one attached hydrogen (secondary N) is 1. The summed E-state index contributed by atoms with van der Waals surface area (Å²) in [5.74, 6) is -0.817. The molecule has 4 nitrogen and oxygen atoms in total. The third-order valence-electron chi connectivity index (χ3n) is 2.62. The highest BCUT2D eigenvalue weighted by Gasteiger charge is 2.18. The molecule has 0 aliphatic carbocycles. The van der Waals surface area contributed by atoms with Gasteiger partial charge in [0.1, 0.15) is 0 Å². The second kappa shape index (κ2) is 7.84. The molecule has 100 valence electrons. The number of hydrogen-bond acceptors (Lipinski definition) is 3. The molecule has 0 bridgehead atoms. The van der Waals surface area contributed by atoms with E-state index in [0.29, 0.717) is 25.5 Å². The lowest BCUT2D eigenvalue weighted by atomic mass is 9.97. The molecule has 0 unspecified atom stereocenters. The summed E-state index contributed by atoms with van der Waals surface area (Å²) in [5, 5.41) is 9.04. The van der Waals surface area contributed by atoms with Crippen molar-refractivity contribution in [2.24, 2.45) is 11.8 Å². The Labute approximate surface area is 108 Å². The summed E-state index contributed by atoms with van der Waals surface area (Å²) in [5.41, 5.74) is 3.80. The summed E-state index contributed by atoms with van der Waals surface area (Å²) >= 11 is 0. The van der Waals surface area contributed by atoms with Crippen LogP contribution in [0.4, 0.5) is 0 Å². The van der Waals surface area contributed by atoms with Crippen molar-refractivity contribution >= 4 is 5.97 Å². The minimum absolute atomic E-state index is 0.334. The van der Waals surface area contributed by atoms with Crippen LogP contribution in [0, 0.1) is 11.8 Å². The van der Waals surface area contributed by atoms with Crippen LogP contribution in [0.25, 0.3) is 0 Å². The van der Waals surface area contributed by atoms with Gasteiger partial charge in [-0.3, -0.25) is 9.63 Å². The molecule has 1 aromatic carbocycles. The molecule has 1 atom stereocenters.